The van der Waals surface area contributed by atoms with E-state index in [1.807, 2.05) is 35.2 Å². The van der Waals surface area contributed by atoms with Gasteiger partial charge in [-0.25, -0.2) is 0 Å². The lowest BCUT2D eigenvalue weighted by atomic mass is 10.1. The number of fused-ring (bicyclic) bond motifs is 1. The molecule has 1 atom stereocenters. The smallest absolute Gasteiger partial charge is 0.129 e. The second-order valence-electron chi connectivity index (χ2n) is 4.61. The Labute approximate surface area is 121 Å². The maximum Gasteiger partial charge on any atom is 0.129 e. The number of hydrogen-bond donors (Lipinski definition) is 1. The maximum atomic E-state index is 6.31. The first kappa shape index (κ1) is 13.2. The maximum absolute atomic E-state index is 6.31. The molecule has 0 bridgehead atoms. The van der Waals surface area contributed by atoms with Crippen molar-refractivity contribution in [1.82, 2.24) is 0 Å². The van der Waals surface area contributed by atoms with Crippen LogP contribution in [0.15, 0.2) is 22.6 Å². The van der Waals surface area contributed by atoms with Crippen LogP contribution in [0.1, 0.15) is 32.9 Å². The predicted molar refractivity (Wildman–Crippen MR) is 79.6 cm³/mol. The lowest BCUT2D eigenvalue weighted by molar-refractivity contribution is 0.162. The molecule has 0 amide bonds. The van der Waals surface area contributed by atoms with Gasteiger partial charge >= 0.3 is 0 Å². The SMILES string of the molecule is COCc1ccc(C(N)c2cc3c(s2)CCSC3)o1. The van der Waals surface area contributed by atoms with Gasteiger partial charge in [0.1, 0.15) is 18.1 Å². The van der Waals surface area contributed by atoms with E-state index in [0.717, 1.165) is 17.3 Å². The molecular formula is C14H17NO2S2. The van der Waals surface area contributed by atoms with Crippen molar-refractivity contribution in [1.29, 1.82) is 0 Å². The van der Waals surface area contributed by atoms with E-state index < -0.39 is 0 Å². The molecule has 0 radical (unpaired) electrons. The Balaban J connectivity index is 1.82. The number of thioether (sulfide) groups is 1. The molecule has 2 N–H and O–H groups in total. The molecule has 3 nitrogen and oxygen atoms in total. The van der Waals surface area contributed by atoms with E-state index in [1.165, 1.54) is 27.5 Å². The summed E-state index contributed by atoms with van der Waals surface area (Å²) in [5, 5.41) is 0. The summed E-state index contributed by atoms with van der Waals surface area (Å²) in [5.74, 6) is 3.98. The standard InChI is InChI=1S/C14H17NO2S2/c1-16-7-10-2-3-11(17-10)14(15)13-6-9-8-18-5-4-12(9)19-13/h2-3,6,14H,4-5,7-8,15H2,1H3. The predicted octanol–water partition coefficient (Wildman–Crippen LogP) is 3.32. The van der Waals surface area contributed by atoms with Gasteiger partial charge in [0.25, 0.3) is 0 Å². The number of methoxy groups -OCH3 is 1. The van der Waals surface area contributed by atoms with E-state index in [4.69, 9.17) is 14.9 Å². The van der Waals surface area contributed by atoms with Crippen LogP contribution in [-0.4, -0.2) is 12.9 Å². The third kappa shape index (κ3) is 2.74. The van der Waals surface area contributed by atoms with Gasteiger partial charge in [-0.15, -0.1) is 11.3 Å². The zero-order valence-corrected chi connectivity index (χ0v) is 12.5. The molecule has 102 valence electrons. The van der Waals surface area contributed by atoms with Crippen LogP contribution in [0, 0.1) is 0 Å². The van der Waals surface area contributed by atoms with Crippen LogP contribution < -0.4 is 5.73 Å². The lowest BCUT2D eigenvalue weighted by Crippen LogP contribution is -2.09. The fourth-order valence-electron chi connectivity index (χ4n) is 2.25. The molecule has 2 aromatic rings. The second-order valence-corrected chi connectivity index (χ2v) is 6.89. The zero-order chi connectivity index (χ0) is 13.2. The summed E-state index contributed by atoms with van der Waals surface area (Å²) in [6.07, 6.45) is 1.17. The Morgan fingerprint density at radius 1 is 1.47 bits per heavy atom. The van der Waals surface area contributed by atoms with Crippen LogP contribution in [-0.2, 0) is 23.5 Å². The first-order valence-corrected chi connectivity index (χ1v) is 8.27. The molecule has 1 unspecified atom stereocenters. The largest absolute Gasteiger partial charge is 0.462 e. The summed E-state index contributed by atoms with van der Waals surface area (Å²) in [7, 11) is 1.66. The molecule has 2 aromatic heterocycles. The average Bonchev–Trinajstić information content (AvgIpc) is 3.04. The second kappa shape index (κ2) is 5.71. The number of furan rings is 1. The van der Waals surface area contributed by atoms with Crippen molar-refractivity contribution >= 4 is 23.1 Å². The van der Waals surface area contributed by atoms with Gasteiger partial charge in [-0.05, 0) is 35.9 Å². The van der Waals surface area contributed by atoms with Crippen LogP contribution in [0.3, 0.4) is 0 Å². The molecule has 1 aliphatic heterocycles. The molecule has 3 heterocycles. The highest BCUT2D eigenvalue weighted by Crippen LogP contribution is 2.35. The van der Waals surface area contributed by atoms with Crippen LogP contribution >= 0.6 is 23.1 Å². The van der Waals surface area contributed by atoms with E-state index >= 15 is 0 Å². The molecule has 3 rings (SSSR count). The number of hydrogen-bond acceptors (Lipinski definition) is 5. The van der Waals surface area contributed by atoms with Gasteiger partial charge in [0.15, 0.2) is 0 Å². The molecule has 0 aromatic carbocycles. The third-order valence-electron chi connectivity index (χ3n) is 3.23. The summed E-state index contributed by atoms with van der Waals surface area (Å²) in [4.78, 5) is 2.69. The molecule has 0 aliphatic carbocycles. The lowest BCUT2D eigenvalue weighted by Gasteiger charge is -2.08. The van der Waals surface area contributed by atoms with E-state index in [2.05, 4.69) is 6.07 Å². The van der Waals surface area contributed by atoms with E-state index in [0.29, 0.717) is 6.61 Å². The number of ether oxygens (including phenoxy) is 1. The Bertz CT molecular complexity index is 538. The van der Waals surface area contributed by atoms with Crippen molar-refractivity contribution in [3.05, 3.63) is 45.0 Å². The summed E-state index contributed by atoms with van der Waals surface area (Å²) in [5.41, 5.74) is 7.76. The van der Waals surface area contributed by atoms with Gasteiger partial charge < -0.3 is 14.9 Å². The highest BCUT2D eigenvalue weighted by Gasteiger charge is 2.20. The van der Waals surface area contributed by atoms with Crippen molar-refractivity contribution in [3.63, 3.8) is 0 Å². The van der Waals surface area contributed by atoms with Gasteiger partial charge in [0, 0.05) is 22.6 Å². The van der Waals surface area contributed by atoms with Crippen molar-refractivity contribution in [2.24, 2.45) is 5.73 Å². The quantitative estimate of drug-likeness (QED) is 0.940. The van der Waals surface area contributed by atoms with E-state index in [-0.39, 0.29) is 6.04 Å². The fraction of sp³-hybridized carbons (Fsp3) is 0.429. The summed E-state index contributed by atoms with van der Waals surface area (Å²) in [6.45, 7) is 0.490. The molecule has 19 heavy (non-hydrogen) atoms. The molecule has 0 spiro atoms. The monoisotopic (exact) mass is 295 g/mol. The zero-order valence-electron chi connectivity index (χ0n) is 10.8. The van der Waals surface area contributed by atoms with Crippen molar-refractivity contribution in [2.75, 3.05) is 12.9 Å². The van der Waals surface area contributed by atoms with Crippen LogP contribution in [0.25, 0.3) is 0 Å². The van der Waals surface area contributed by atoms with Crippen molar-refractivity contribution in [3.8, 4) is 0 Å². The Morgan fingerprint density at radius 2 is 2.37 bits per heavy atom. The highest BCUT2D eigenvalue weighted by molar-refractivity contribution is 7.98. The van der Waals surface area contributed by atoms with Gasteiger partial charge in [0.05, 0.1) is 6.04 Å². The Kier molecular flexibility index (Phi) is 3.98. The van der Waals surface area contributed by atoms with Crippen LogP contribution in [0.4, 0.5) is 0 Å². The van der Waals surface area contributed by atoms with Gasteiger partial charge in [-0.2, -0.15) is 11.8 Å². The number of aryl methyl sites for hydroxylation is 1. The first-order chi connectivity index (χ1) is 9.28. The topological polar surface area (TPSA) is 48.4 Å². The molecule has 1 aliphatic rings. The number of nitrogens with two attached hydrogens (primary N) is 1. The van der Waals surface area contributed by atoms with Crippen LogP contribution in [0.2, 0.25) is 0 Å². The highest BCUT2D eigenvalue weighted by atomic mass is 32.2. The van der Waals surface area contributed by atoms with E-state index in [1.54, 1.807) is 7.11 Å². The number of rotatable bonds is 4. The normalized spacial score (nSPS) is 16.3. The summed E-state index contributed by atoms with van der Waals surface area (Å²) >= 11 is 3.83. The van der Waals surface area contributed by atoms with Gasteiger partial charge in [-0.1, -0.05) is 0 Å². The van der Waals surface area contributed by atoms with Crippen molar-refractivity contribution < 1.29 is 9.15 Å². The molecular weight excluding hydrogens is 278 g/mol. The minimum absolute atomic E-state index is 0.161. The Morgan fingerprint density at radius 3 is 3.16 bits per heavy atom. The molecule has 5 heteroatoms. The minimum atomic E-state index is -0.161. The fourth-order valence-corrected chi connectivity index (χ4v) is 4.63. The summed E-state index contributed by atoms with van der Waals surface area (Å²) < 4.78 is 10.8. The minimum Gasteiger partial charge on any atom is -0.462 e. The summed E-state index contributed by atoms with van der Waals surface area (Å²) in [6, 6.07) is 5.97. The average molecular weight is 295 g/mol. The van der Waals surface area contributed by atoms with E-state index in [9.17, 15) is 0 Å². The molecule has 0 saturated carbocycles. The molecule has 0 saturated heterocycles. The van der Waals surface area contributed by atoms with Crippen LogP contribution in [0.5, 0.6) is 0 Å². The van der Waals surface area contributed by atoms with Gasteiger partial charge in [-0.3, -0.25) is 0 Å². The Hall–Kier alpha value is -0.750. The molecule has 0 fully saturated rings. The van der Waals surface area contributed by atoms with Gasteiger partial charge in [0.2, 0.25) is 0 Å². The first-order valence-electron chi connectivity index (χ1n) is 6.30. The third-order valence-corrected chi connectivity index (χ3v) is 5.56. The van der Waals surface area contributed by atoms with Crippen molar-refractivity contribution in [2.45, 2.75) is 24.8 Å². The number of thiophene rings is 1.